The highest BCUT2D eigenvalue weighted by atomic mass is 19.1. The number of unbranched alkanes of at least 4 members (excludes halogenated alkanes) is 4. The average molecular weight is 699 g/mol. The number of hydrogen-bond donors (Lipinski definition) is 0. The predicted octanol–water partition coefficient (Wildman–Crippen LogP) is 6.34. The molecule has 3 aromatic carbocycles. The molecule has 264 valence electrons. The second-order valence-corrected chi connectivity index (χ2v) is 12.7. The van der Waals surface area contributed by atoms with Gasteiger partial charge in [0.1, 0.15) is 11.6 Å². The third-order valence-corrected chi connectivity index (χ3v) is 9.28. The number of cyclic esters (lactones) is 4. The van der Waals surface area contributed by atoms with Crippen LogP contribution >= 0.6 is 0 Å². The minimum absolute atomic E-state index is 0.109. The van der Waals surface area contributed by atoms with E-state index in [2.05, 4.69) is 0 Å². The van der Waals surface area contributed by atoms with Crippen molar-refractivity contribution in [1.82, 2.24) is 0 Å². The monoisotopic (exact) mass is 698 g/mol. The molecule has 51 heavy (non-hydrogen) atoms. The molecule has 2 heterocycles. The van der Waals surface area contributed by atoms with Gasteiger partial charge in [0.25, 0.3) is 0 Å². The second kappa shape index (κ2) is 16.0. The maximum Gasteiger partial charge on any atom is 0.321 e. The SMILES string of the molecule is O=C1CC(C2CC3C(=O)OC(=O)C3c3cc(OC(=O)CCCCCCCOOc4ccc(/C=C/C(=O)c5ccc(F)cc5)cc4)ccc32)C(=O)O1. The maximum absolute atomic E-state index is 13.0. The molecule has 2 fully saturated rings. The third-order valence-electron chi connectivity index (χ3n) is 9.28. The smallest absolute Gasteiger partial charge is 0.321 e. The second-order valence-electron chi connectivity index (χ2n) is 12.7. The molecule has 3 aliphatic rings. The molecular weight excluding hydrogens is 663 g/mol. The van der Waals surface area contributed by atoms with Gasteiger partial charge < -0.3 is 19.1 Å². The third kappa shape index (κ3) is 8.64. The number of halogens is 1. The van der Waals surface area contributed by atoms with E-state index in [1.807, 2.05) is 0 Å². The van der Waals surface area contributed by atoms with E-state index < -0.39 is 59.3 Å². The van der Waals surface area contributed by atoms with Gasteiger partial charge in [-0.25, -0.2) is 4.39 Å². The average Bonchev–Trinajstić information content (AvgIpc) is 3.61. The zero-order valence-electron chi connectivity index (χ0n) is 27.5. The summed E-state index contributed by atoms with van der Waals surface area (Å²) in [6.07, 6.45) is 7.25. The first-order valence-corrected chi connectivity index (χ1v) is 16.9. The normalized spacial score (nSPS) is 20.9. The lowest BCUT2D eigenvalue weighted by Crippen LogP contribution is -2.31. The van der Waals surface area contributed by atoms with Crippen LogP contribution < -0.4 is 9.62 Å². The van der Waals surface area contributed by atoms with Crippen LogP contribution in [0.4, 0.5) is 4.39 Å². The van der Waals surface area contributed by atoms with Crippen molar-refractivity contribution >= 4 is 41.7 Å². The Morgan fingerprint density at radius 3 is 2.20 bits per heavy atom. The molecule has 2 aliphatic heterocycles. The van der Waals surface area contributed by atoms with Crippen LogP contribution in [0.5, 0.6) is 11.5 Å². The van der Waals surface area contributed by atoms with Crippen molar-refractivity contribution in [2.75, 3.05) is 6.61 Å². The molecule has 3 aromatic rings. The van der Waals surface area contributed by atoms with E-state index in [1.54, 1.807) is 48.5 Å². The first kappa shape index (κ1) is 35.3. The Kier molecular flexibility index (Phi) is 11.1. The number of hydrogen-bond acceptors (Lipinski definition) is 11. The summed E-state index contributed by atoms with van der Waals surface area (Å²) < 4.78 is 28.2. The highest BCUT2D eigenvalue weighted by Gasteiger charge is 2.53. The lowest BCUT2D eigenvalue weighted by atomic mass is 9.67. The minimum Gasteiger partial charge on any atom is -0.427 e. The molecule has 0 bridgehead atoms. The van der Waals surface area contributed by atoms with E-state index in [0.29, 0.717) is 35.5 Å². The number of carbonyl (C=O) groups excluding carboxylic acids is 6. The van der Waals surface area contributed by atoms with Crippen LogP contribution in [0.3, 0.4) is 0 Å². The van der Waals surface area contributed by atoms with Crippen LogP contribution in [0.1, 0.15) is 90.3 Å². The van der Waals surface area contributed by atoms with Crippen molar-refractivity contribution in [2.45, 2.75) is 63.2 Å². The number of carbonyl (C=O) groups is 6. The molecule has 12 heteroatoms. The fourth-order valence-corrected chi connectivity index (χ4v) is 6.69. The molecule has 1 aliphatic carbocycles. The van der Waals surface area contributed by atoms with Gasteiger partial charge in [0.05, 0.1) is 30.8 Å². The lowest BCUT2D eigenvalue weighted by Gasteiger charge is -2.33. The molecule has 2 saturated heterocycles. The molecule has 0 saturated carbocycles. The summed E-state index contributed by atoms with van der Waals surface area (Å²) in [5, 5.41) is 0. The highest BCUT2D eigenvalue weighted by molar-refractivity contribution is 6.06. The van der Waals surface area contributed by atoms with E-state index in [4.69, 9.17) is 24.0 Å². The number of rotatable bonds is 15. The van der Waals surface area contributed by atoms with Crippen LogP contribution in [-0.4, -0.2) is 42.2 Å². The number of esters is 5. The number of fused-ring (bicyclic) bond motifs is 3. The molecule has 0 radical (unpaired) electrons. The molecule has 0 amide bonds. The first-order valence-electron chi connectivity index (χ1n) is 16.9. The summed E-state index contributed by atoms with van der Waals surface area (Å²) in [5.41, 5.74) is 2.28. The zero-order chi connectivity index (χ0) is 35.9. The van der Waals surface area contributed by atoms with Gasteiger partial charge in [-0.3, -0.25) is 28.8 Å². The van der Waals surface area contributed by atoms with E-state index >= 15 is 0 Å². The van der Waals surface area contributed by atoms with Crippen molar-refractivity contribution in [3.05, 3.63) is 101 Å². The Morgan fingerprint density at radius 2 is 1.45 bits per heavy atom. The summed E-state index contributed by atoms with van der Waals surface area (Å²) >= 11 is 0. The highest BCUT2D eigenvalue weighted by Crippen LogP contribution is 2.51. The molecule has 4 unspecified atom stereocenters. The number of ether oxygens (including phenoxy) is 3. The Morgan fingerprint density at radius 1 is 0.745 bits per heavy atom. The topological polar surface area (TPSA) is 149 Å². The van der Waals surface area contributed by atoms with Crippen molar-refractivity contribution in [2.24, 2.45) is 11.8 Å². The van der Waals surface area contributed by atoms with E-state index in [0.717, 1.165) is 31.2 Å². The quantitative estimate of drug-likeness (QED) is 0.0256. The van der Waals surface area contributed by atoms with Crippen molar-refractivity contribution < 1.29 is 57.1 Å². The summed E-state index contributed by atoms with van der Waals surface area (Å²) in [6.45, 7) is 0.383. The van der Waals surface area contributed by atoms with Crippen LogP contribution in [0, 0.1) is 17.7 Å². The van der Waals surface area contributed by atoms with Crippen LogP contribution in [0.2, 0.25) is 0 Å². The Labute approximate surface area is 292 Å². The van der Waals surface area contributed by atoms with Gasteiger partial charge in [0, 0.05) is 12.0 Å². The Bertz CT molecular complexity index is 1850. The summed E-state index contributed by atoms with van der Waals surface area (Å²) in [5.74, 6) is -5.92. The van der Waals surface area contributed by atoms with Gasteiger partial charge in [0.2, 0.25) is 0 Å². The molecule has 0 aromatic heterocycles. The molecule has 11 nitrogen and oxygen atoms in total. The molecular formula is C39H35FO11. The van der Waals surface area contributed by atoms with Crippen molar-refractivity contribution in [1.29, 1.82) is 0 Å². The Hall–Kier alpha value is -5.49. The fourth-order valence-electron chi connectivity index (χ4n) is 6.69. The molecule has 6 rings (SSSR count). The first-order chi connectivity index (χ1) is 24.7. The molecule has 0 spiro atoms. The van der Waals surface area contributed by atoms with Crippen molar-refractivity contribution in [3.63, 3.8) is 0 Å². The largest absolute Gasteiger partial charge is 0.427 e. The summed E-state index contributed by atoms with van der Waals surface area (Å²) in [4.78, 5) is 84.6. The van der Waals surface area contributed by atoms with E-state index in [1.165, 1.54) is 30.3 Å². The predicted molar refractivity (Wildman–Crippen MR) is 176 cm³/mol. The Balaban J connectivity index is 0.883. The molecule has 4 atom stereocenters. The standard InChI is InChI=1S/C39H35FO11/c40-25-12-10-24(11-13-25)33(41)18-9-23-7-14-26(15-8-23)51-47-19-5-3-1-2-4-6-34(42)48-27-16-17-28-29(31-22-35(43)49-37(31)44)21-32-36(30(28)20-27)39(46)50-38(32)45/h7-18,20,29,31-32,36H,1-6,19,21-22H2/b18-9+. The van der Waals surface area contributed by atoms with Crippen LogP contribution in [0.15, 0.2) is 72.8 Å². The zero-order valence-corrected chi connectivity index (χ0v) is 27.5. The van der Waals surface area contributed by atoms with Gasteiger partial charge in [-0.15, -0.1) is 0 Å². The van der Waals surface area contributed by atoms with E-state index in [-0.39, 0.29) is 30.8 Å². The van der Waals surface area contributed by atoms with Gasteiger partial charge in [-0.1, -0.05) is 43.5 Å². The van der Waals surface area contributed by atoms with Gasteiger partial charge in [-0.05, 0) is 96.5 Å². The van der Waals surface area contributed by atoms with E-state index in [9.17, 15) is 33.2 Å². The lowest BCUT2D eigenvalue weighted by molar-refractivity contribution is -0.207. The number of benzene rings is 3. The van der Waals surface area contributed by atoms with Crippen LogP contribution in [0.25, 0.3) is 6.08 Å². The summed E-state index contributed by atoms with van der Waals surface area (Å²) in [7, 11) is 0. The maximum atomic E-state index is 13.0. The number of allylic oxidation sites excluding steroid dienone is 1. The summed E-state index contributed by atoms with van der Waals surface area (Å²) in [6, 6.07) is 17.2. The fraction of sp³-hybridized carbons (Fsp3) is 0.333. The van der Waals surface area contributed by atoms with Crippen molar-refractivity contribution in [3.8, 4) is 11.5 Å². The van der Waals surface area contributed by atoms with Gasteiger partial charge >= 0.3 is 29.8 Å². The molecule has 0 N–H and O–H groups in total. The van der Waals surface area contributed by atoms with Crippen LogP contribution in [-0.2, 0) is 38.3 Å². The minimum atomic E-state index is -0.869. The van der Waals surface area contributed by atoms with Gasteiger partial charge in [-0.2, -0.15) is 4.89 Å². The van der Waals surface area contributed by atoms with Gasteiger partial charge in [0.15, 0.2) is 11.5 Å². The number of ketones is 1.